The number of para-hydroxylation sites is 6. The van der Waals surface area contributed by atoms with Crippen LogP contribution in [0.15, 0.2) is 176 Å². The highest BCUT2D eigenvalue weighted by Gasteiger charge is 2.20. The van der Waals surface area contributed by atoms with Crippen molar-refractivity contribution < 1.29 is 0 Å². The van der Waals surface area contributed by atoms with Gasteiger partial charge in [0.1, 0.15) is 6.07 Å². The van der Waals surface area contributed by atoms with Gasteiger partial charge in [-0.05, 0) is 77.9 Å². The Bertz CT molecular complexity index is 3400. The second-order valence-corrected chi connectivity index (χ2v) is 14.0. The lowest BCUT2D eigenvalue weighted by molar-refractivity contribution is 1.13. The van der Waals surface area contributed by atoms with Crippen molar-refractivity contribution in [3.05, 3.63) is 187 Å². The normalized spacial score (nSPS) is 11.6. The van der Waals surface area contributed by atoms with E-state index in [0.29, 0.717) is 11.1 Å². The van der Waals surface area contributed by atoms with E-state index in [9.17, 15) is 10.5 Å². The second-order valence-electron chi connectivity index (χ2n) is 14.0. The quantitative estimate of drug-likeness (QED) is 0.184. The number of fused-ring (bicyclic) bond motifs is 9. The van der Waals surface area contributed by atoms with Crippen molar-refractivity contribution in [2.75, 3.05) is 0 Å². The average Bonchev–Trinajstić information content (AvgIpc) is 3.90. The van der Waals surface area contributed by atoms with Crippen LogP contribution in [0.5, 0.6) is 0 Å². The molecule has 254 valence electrons. The number of hydrogen-bond acceptors (Lipinski definition) is 2. The van der Waals surface area contributed by atoms with Crippen LogP contribution in [-0.4, -0.2) is 13.7 Å². The summed E-state index contributed by atoms with van der Waals surface area (Å²) in [4.78, 5) is 0. The minimum absolute atomic E-state index is 0.551. The molecule has 8 aromatic carbocycles. The maximum atomic E-state index is 10.2. The molecular formula is C50H29N5. The van der Waals surface area contributed by atoms with E-state index in [1.807, 2.05) is 36.4 Å². The van der Waals surface area contributed by atoms with Crippen molar-refractivity contribution in [1.29, 1.82) is 10.5 Å². The molecule has 3 heterocycles. The van der Waals surface area contributed by atoms with Gasteiger partial charge in [0, 0.05) is 43.7 Å². The van der Waals surface area contributed by atoms with Crippen molar-refractivity contribution >= 4 is 65.4 Å². The predicted molar refractivity (Wildman–Crippen MR) is 224 cm³/mol. The number of aromatic nitrogens is 3. The molecular weight excluding hydrogens is 671 g/mol. The molecule has 0 radical (unpaired) electrons. The van der Waals surface area contributed by atoms with Crippen LogP contribution in [-0.2, 0) is 0 Å². The van der Waals surface area contributed by atoms with Gasteiger partial charge in [-0.3, -0.25) is 0 Å². The molecule has 3 aromatic heterocycles. The molecule has 5 nitrogen and oxygen atoms in total. The van der Waals surface area contributed by atoms with Gasteiger partial charge in [0.2, 0.25) is 0 Å². The first-order valence-corrected chi connectivity index (χ1v) is 18.3. The fraction of sp³-hybridized carbons (Fsp3) is 0. The maximum absolute atomic E-state index is 10.2. The van der Waals surface area contributed by atoms with E-state index < -0.39 is 0 Å². The Balaban J connectivity index is 1.12. The van der Waals surface area contributed by atoms with Gasteiger partial charge in [-0.15, -0.1) is 0 Å². The molecule has 0 amide bonds. The van der Waals surface area contributed by atoms with Crippen LogP contribution in [0, 0.1) is 22.7 Å². The summed E-state index contributed by atoms with van der Waals surface area (Å²) in [5, 5.41) is 27.3. The minimum atomic E-state index is 0.551. The molecule has 0 fully saturated rings. The number of nitrogens with zero attached hydrogens (tertiary/aromatic N) is 5. The summed E-state index contributed by atoms with van der Waals surface area (Å²) in [6, 6.07) is 66.0. The van der Waals surface area contributed by atoms with E-state index in [1.165, 1.54) is 32.6 Å². The lowest BCUT2D eigenvalue weighted by Crippen LogP contribution is -2.00. The monoisotopic (exact) mass is 699 g/mol. The summed E-state index contributed by atoms with van der Waals surface area (Å²) in [7, 11) is 0. The molecule has 11 rings (SSSR count). The van der Waals surface area contributed by atoms with Gasteiger partial charge in [0.05, 0.1) is 56.0 Å². The van der Waals surface area contributed by atoms with Gasteiger partial charge < -0.3 is 13.7 Å². The summed E-state index contributed by atoms with van der Waals surface area (Å²) < 4.78 is 6.90. The fourth-order valence-electron chi connectivity index (χ4n) is 8.78. The largest absolute Gasteiger partial charge is 0.308 e. The molecule has 11 aromatic rings. The molecule has 0 aliphatic carbocycles. The SMILES string of the molecule is N#Cc1cc(-c2ccc(-n3c4ccccc4c4cccc(-n5c6ccccc6c6ccccc65)c43)cc2)cc(-n2c3ccccc3c3cccc(C#N)c32)c1. The maximum Gasteiger partial charge on any atom is 0.101 e. The Hall–Kier alpha value is -7.86. The van der Waals surface area contributed by atoms with Gasteiger partial charge >= 0.3 is 0 Å². The van der Waals surface area contributed by atoms with E-state index in [2.05, 4.69) is 165 Å². The summed E-state index contributed by atoms with van der Waals surface area (Å²) in [5.41, 5.74) is 12.5. The van der Waals surface area contributed by atoms with E-state index in [4.69, 9.17) is 0 Å². The number of benzene rings is 8. The zero-order valence-electron chi connectivity index (χ0n) is 29.5. The van der Waals surface area contributed by atoms with Gasteiger partial charge in [0.15, 0.2) is 0 Å². The molecule has 0 saturated carbocycles. The van der Waals surface area contributed by atoms with E-state index >= 15 is 0 Å². The fourth-order valence-corrected chi connectivity index (χ4v) is 8.78. The number of nitriles is 2. The molecule has 0 atom stereocenters. The second kappa shape index (κ2) is 11.8. The Morgan fingerprint density at radius 1 is 0.345 bits per heavy atom. The van der Waals surface area contributed by atoms with Gasteiger partial charge in [-0.2, -0.15) is 10.5 Å². The molecule has 0 spiro atoms. The highest BCUT2D eigenvalue weighted by molar-refractivity contribution is 6.15. The first-order valence-electron chi connectivity index (χ1n) is 18.3. The standard InChI is InChI=1S/C50H29N5/c51-30-32-27-35(29-37(28-32)54-45-19-6-3-14-40(45)42-16-9-11-34(31-52)49(42)54)33-23-25-36(26-24-33)53-44-18-5-4-15-41(44)43-17-10-22-48(50(43)53)55-46-20-7-1-12-38(46)39-13-2-8-21-47(39)55/h1-29H. The Kier molecular flexibility index (Phi) is 6.61. The van der Waals surface area contributed by atoms with Crippen LogP contribution in [0.25, 0.3) is 93.6 Å². The molecule has 0 saturated heterocycles. The number of hydrogen-bond donors (Lipinski definition) is 0. The van der Waals surface area contributed by atoms with Crippen LogP contribution < -0.4 is 0 Å². The molecule has 0 unspecified atom stereocenters. The van der Waals surface area contributed by atoms with Crippen molar-refractivity contribution in [2.45, 2.75) is 0 Å². The Labute approximate surface area is 316 Å². The van der Waals surface area contributed by atoms with Crippen LogP contribution in [0.2, 0.25) is 0 Å². The lowest BCUT2D eigenvalue weighted by Gasteiger charge is -2.15. The zero-order chi connectivity index (χ0) is 36.6. The molecule has 0 aliphatic rings. The summed E-state index contributed by atoms with van der Waals surface area (Å²) in [6.45, 7) is 0. The molecule has 0 N–H and O–H groups in total. The summed E-state index contributed by atoms with van der Waals surface area (Å²) in [6.07, 6.45) is 0. The van der Waals surface area contributed by atoms with Crippen molar-refractivity contribution in [1.82, 2.24) is 13.7 Å². The Morgan fingerprint density at radius 2 is 0.836 bits per heavy atom. The van der Waals surface area contributed by atoms with Gasteiger partial charge in [-0.25, -0.2) is 0 Å². The van der Waals surface area contributed by atoms with E-state index in [0.717, 1.165) is 61.0 Å². The average molecular weight is 700 g/mol. The molecule has 0 aliphatic heterocycles. The van der Waals surface area contributed by atoms with Crippen LogP contribution in [0.4, 0.5) is 0 Å². The topological polar surface area (TPSA) is 62.4 Å². The first-order chi connectivity index (χ1) is 27.2. The Morgan fingerprint density at radius 3 is 1.42 bits per heavy atom. The van der Waals surface area contributed by atoms with E-state index in [1.54, 1.807) is 0 Å². The third-order valence-corrected chi connectivity index (χ3v) is 11.1. The van der Waals surface area contributed by atoms with Crippen molar-refractivity contribution in [3.8, 4) is 40.3 Å². The van der Waals surface area contributed by atoms with Crippen molar-refractivity contribution in [2.24, 2.45) is 0 Å². The minimum Gasteiger partial charge on any atom is -0.308 e. The van der Waals surface area contributed by atoms with Crippen LogP contribution >= 0.6 is 0 Å². The molecule has 0 bridgehead atoms. The number of rotatable bonds is 4. The third kappa shape index (κ3) is 4.45. The van der Waals surface area contributed by atoms with Gasteiger partial charge in [-0.1, -0.05) is 109 Å². The van der Waals surface area contributed by atoms with Crippen LogP contribution in [0.3, 0.4) is 0 Å². The van der Waals surface area contributed by atoms with E-state index in [-0.39, 0.29) is 0 Å². The van der Waals surface area contributed by atoms with Crippen molar-refractivity contribution in [3.63, 3.8) is 0 Å². The first kappa shape index (κ1) is 30.7. The molecule has 5 heteroatoms. The third-order valence-electron chi connectivity index (χ3n) is 11.1. The zero-order valence-corrected chi connectivity index (χ0v) is 29.5. The predicted octanol–water partition coefficient (Wildman–Crippen LogP) is 12.4. The van der Waals surface area contributed by atoms with Crippen LogP contribution in [0.1, 0.15) is 11.1 Å². The lowest BCUT2D eigenvalue weighted by atomic mass is 10.0. The van der Waals surface area contributed by atoms with Gasteiger partial charge in [0.25, 0.3) is 0 Å². The molecule has 55 heavy (non-hydrogen) atoms. The summed E-state index contributed by atoms with van der Waals surface area (Å²) >= 11 is 0. The highest BCUT2D eigenvalue weighted by Crippen LogP contribution is 2.40. The highest BCUT2D eigenvalue weighted by atomic mass is 15.1. The summed E-state index contributed by atoms with van der Waals surface area (Å²) in [5.74, 6) is 0. The smallest absolute Gasteiger partial charge is 0.101 e.